The van der Waals surface area contributed by atoms with Crippen LogP contribution in [0.5, 0.6) is 11.5 Å². The highest BCUT2D eigenvalue weighted by atomic mass is 32.2. The second-order valence-electron chi connectivity index (χ2n) is 11.8. The maximum Gasteiger partial charge on any atom is 0.264 e. The normalized spacial score (nSPS) is 12.2. The fourth-order valence-corrected chi connectivity index (χ4v) is 5.95. The summed E-state index contributed by atoms with van der Waals surface area (Å²) in [7, 11) is -4.26. The highest BCUT2D eigenvalue weighted by molar-refractivity contribution is 7.92. The first-order chi connectivity index (χ1) is 21.2. The minimum Gasteiger partial charge on any atom is -0.457 e. The summed E-state index contributed by atoms with van der Waals surface area (Å²) >= 11 is 0. The number of hydrogen-bond acceptors (Lipinski definition) is 5. The molecule has 4 aromatic carbocycles. The zero-order valence-corrected chi connectivity index (χ0v) is 26.8. The number of halogens is 1. The van der Waals surface area contributed by atoms with Crippen LogP contribution in [0.3, 0.4) is 0 Å². The van der Waals surface area contributed by atoms with Gasteiger partial charge in [-0.05, 0) is 89.2 Å². The second-order valence-corrected chi connectivity index (χ2v) is 13.6. The largest absolute Gasteiger partial charge is 0.457 e. The number of hydrogen-bond donors (Lipinski definition) is 1. The van der Waals surface area contributed by atoms with E-state index in [-0.39, 0.29) is 22.7 Å². The van der Waals surface area contributed by atoms with Crippen molar-refractivity contribution in [2.75, 3.05) is 10.8 Å². The van der Waals surface area contributed by atoms with Gasteiger partial charge in [-0.15, -0.1) is 0 Å². The van der Waals surface area contributed by atoms with Crippen molar-refractivity contribution < 1.29 is 27.1 Å². The van der Waals surface area contributed by atoms with Crippen molar-refractivity contribution in [2.24, 2.45) is 0 Å². The number of amides is 2. The summed E-state index contributed by atoms with van der Waals surface area (Å²) in [4.78, 5) is 28.5. The van der Waals surface area contributed by atoms with Crippen LogP contribution in [-0.2, 0) is 26.2 Å². The third kappa shape index (κ3) is 8.69. The lowest BCUT2D eigenvalue weighted by Crippen LogP contribution is -2.54. The molecule has 0 saturated carbocycles. The van der Waals surface area contributed by atoms with E-state index >= 15 is 0 Å². The van der Waals surface area contributed by atoms with E-state index in [2.05, 4.69) is 5.32 Å². The summed E-state index contributed by atoms with van der Waals surface area (Å²) in [5.41, 5.74) is 0.676. The Morgan fingerprint density at radius 3 is 2.02 bits per heavy atom. The Balaban J connectivity index is 1.72. The molecule has 0 saturated heterocycles. The lowest BCUT2D eigenvalue weighted by atomic mass is 10.1. The third-order valence-corrected chi connectivity index (χ3v) is 8.74. The molecule has 0 spiro atoms. The first kappa shape index (κ1) is 33.2. The van der Waals surface area contributed by atoms with E-state index in [1.807, 2.05) is 45.9 Å². The number of para-hydroxylation sites is 1. The molecule has 0 heterocycles. The minimum atomic E-state index is -4.26. The molecule has 0 fully saturated rings. The van der Waals surface area contributed by atoms with Crippen LogP contribution in [0.1, 0.15) is 38.8 Å². The van der Waals surface area contributed by atoms with Crippen LogP contribution in [0.25, 0.3) is 0 Å². The van der Waals surface area contributed by atoms with Gasteiger partial charge in [-0.2, -0.15) is 0 Å². The molecule has 0 aliphatic heterocycles. The maximum atomic E-state index is 14.8. The van der Waals surface area contributed by atoms with Crippen LogP contribution in [0.15, 0.2) is 108 Å². The van der Waals surface area contributed by atoms with Crippen molar-refractivity contribution in [2.45, 2.75) is 57.6 Å². The van der Waals surface area contributed by atoms with Gasteiger partial charge in [0, 0.05) is 17.6 Å². The molecule has 1 N–H and O–H groups in total. The van der Waals surface area contributed by atoms with Gasteiger partial charge in [0.05, 0.1) is 10.6 Å². The standard InChI is InChI=1S/C35H38FN3O5S/c1-25-15-21-31(22-16-25)45(42,43)39(28-17-19-30(20-18-28)44-29-12-7-6-8-13-29)24-33(40)38(23-27-11-9-10-14-32(27)36)26(2)34(41)37-35(3,4)5/h6-22,26H,23-24H2,1-5H3,(H,37,41). The quantitative estimate of drug-likeness (QED) is 0.205. The molecule has 1 atom stereocenters. The van der Waals surface area contributed by atoms with Crippen molar-refractivity contribution in [3.05, 3.63) is 120 Å². The van der Waals surface area contributed by atoms with Crippen LogP contribution < -0.4 is 14.4 Å². The van der Waals surface area contributed by atoms with Gasteiger partial charge in [0.25, 0.3) is 10.0 Å². The summed E-state index contributed by atoms with van der Waals surface area (Å²) < 4.78 is 49.8. The molecule has 1 unspecified atom stereocenters. The Morgan fingerprint density at radius 2 is 1.42 bits per heavy atom. The number of nitrogens with zero attached hydrogens (tertiary/aromatic N) is 2. The van der Waals surface area contributed by atoms with E-state index in [1.54, 1.807) is 54.6 Å². The maximum absolute atomic E-state index is 14.8. The molecule has 10 heteroatoms. The van der Waals surface area contributed by atoms with E-state index in [0.717, 1.165) is 9.87 Å². The van der Waals surface area contributed by atoms with E-state index in [0.29, 0.717) is 11.5 Å². The number of nitrogens with one attached hydrogen (secondary N) is 1. The monoisotopic (exact) mass is 631 g/mol. The van der Waals surface area contributed by atoms with Crippen molar-refractivity contribution in [1.82, 2.24) is 10.2 Å². The molecule has 2 amide bonds. The molecule has 45 heavy (non-hydrogen) atoms. The molecule has 0 aliphatic carbocycles. The molecule has 0 radical (unpaired) electrons. The fraction of sp³-hybridized carbons (Fsp3) is 0.257. The SMILES string of the molecule is Cc1ccc(S(=O)(=O)N(CC(=O)N(Cc2ccccc2F)C(C)C(=O)NC(C)(C)C)c2ccc(Oc3ccccc3)cc2)cc1. The topological polar surface area (TPSA) is 96.0 Å². The number of ether oxygens (including phenoxy) is 1. The van der Waals surface area contributed by atoms with E-state index in [1.165, 1.54) is 42.2 Å². The predicted octanol–water partition coefficient (Wildman–Crippen LogP) is 6.45. The van der Waals surface area contributed by atoms with Crippen molar-refractivity contribution in [3.63, 3.8) is 0 Å². The van der Waals surface area contributed by atoms with Crippen LogP contribution in [0.2, 0.25) is 0 Å². The zero-order valence-electron chi connectivity index (χ0n) is 26.0. The average molecular weight is 632 g/mol. The predicted molar refractivity (Wildman–Crippen MR) is 173 cm³/mol. The summed E-state index contributed by atoms with van der Waals surface area (Å²) in [6, 6.07) is 26.7. The number of rotatable bonds is 11. The van der Waals surface area contributed by atoms with Gasteiger partial charge >= 0.3 is 0 Å². The summed E-state index contributed by atoms with van der Waals surface area (Å²) in [6.07, 6.45) is 0. The minimum absolute atomic E-state index is 0.00955. The number of carbonyl (C=O) groups is 2. The van der Waals surface area contributed by atoms with E-state index in [9.17, 15) is 22.4 Å². The number of anilines is 1. The lowest BCUT2D eigenvalue weighted by molar-refractivity contribution is -0.140. The van der Waals surface area contributed by atoms with Crippen LogP contribution >= 0.6 is 0 Å². The van der Waals surface area contributed by atoms with Gasteiger partial charge in [-0.1, -0.05) is 54.1 Å². The fourth-order valence-electron chi connectivity index (χ4n) is 4.54. The van der Waals surface area contributed by atoms with Gasteiger partial charge in [-0.3, -0.25) is 13.9 Å². The van der Waals surface area contributed by atoms with Gasteiger partial charge in [0.1, 0.15) is 29.9 Å². The number of carbonyl (C=O) groups excluding carboxylic acids is 2. The van der Waals surface area contributed by atoms with Crippen LogP contribution in [-0.4, -0.2) is 43.3 Å². The van der Waals surface area contributed by atoms with E-state index < -0.39 is 45.8 Å². The highest BCUT2D eigenvalue weighted by Gasteiger charge is 2.33. The van der Waals surface area contributed by atoms with Crippen molar-refractivity contribution >= 4 is 27.5 Å². The van der Waals surface area contributed by atoms with Crippen LogP contribution in [0, 0.1) is 12.7 Å². The molecule has 0 bridgehead atoms. The molecular weight excluding hydrogens is 593 g/mol. The van der Waals surface area contributed by atoms with Crippen molar-refractivity contribution in [3.8, 4) is 11.5 Å². The average Bonchev–Trinajstić information content (AvgIpc) is 2.99. The first-order valence-corrected chi connectivity index (χ1v) is 16.0. The molecule has 4 rings (SSSR count). The summed E-state index contributed by atoms with van der Waals surface area (Å²) in [6.45, 7) is 7.91. The van der Waals surface area contributed by atoms with Gasteiger partial charge in [0.15, 0.2) is 0 Å². The Kier molecular flexibility index (Phi) is 10.3. The summed E-state index contributed by atoms with van der Waals surface area (Å²) in [5, 5.41) is 2.85. The van der Waals surface area contributed by atoms with Crippen molar-refractivity contribution in [1.29, 1.82) is 0 Å². The highest BCUT2D eigenvalue weighted by Crippen LogP contribution is 2.29. The number of sulfonamides is 1. The molecule has 236 valence electrons. The Hall–Kier alpha value is -4.70. The van der Waals surface area contributed by atoms with Crippen LogP contribution in [0.4, 0.5) is 10.1 Å². The molecule has 4 aromatic rings. The van der Waals surface area contributed by atoms with Gasteiger partial charge in [0.2, 0.25) is 11.8 Å². The Bertz CT molecular complexity index is 1720. The van der Waals surface area contributed by atoms with Gasteiger partial charge in [-0.25, -0.2) is 12.8 Å². The second kappa shape index (κ2) is 13.9. The Labute approximate surface area is 264 Å². The number of aryl methyl sites for hydroxylation is 1. The third-order valence-electron chi connectivity index (χ3n) is 6.96. The number of benzene rings is 4. The van der Waals surface area contributed by atoms with Gasteiger partial charge < -0.3 is 15.0 Å². The lowest BCUT2D eigenvalue weighted by Gasteiger charge is -2.33. The zero-order chi connectivity index (χ0) is 32.8. The molecule has 8 nitrogen and oxygen atoms in total. The smallest absolute Gasteiger partial charge is 0.264 e. The Morgan fingerprint density at radius 1 is 0.844 bits per heavy atom. The molecule has 0 aromatic heterocycles. The summed E-state index contributed by atoms with van der Waals surface area (Å²) in [5.74, 6) is -0.608. The molecular formula is C35H38FN3O5S. The first-order valence-electron chi connectivity index (χ1n) is 14.5. The molecule has 0 aliphatic rings. The van der Waals surface area contributed by atoms with E-state index in [4.69, 9.17) is 4.74 Å².